The summed E-state index contributed by atoms with van der Waals surface area (Å²) in [6.07, 6.45) is -1.96. The molecule has 1 N–H and O–H groups in total. The molecule has 1 aliphatic rings. The number of halogens is 3. The lowest BCUT2D eigenvalue weighted by atomic mass is 10.1. The van der Waals surface area contributed by atoms with Crippen molar-refractivity contribution in [2.24, 2.45) is 0 Å². The van der Waals surface area contributed by atoms with E-state index in [4.69, 9.17) is 0 Å². The zero-order chi connectivity index (χ0) is 17.7. The Morgan fingerprint density at radius 1 is 1.38 bits per heavy atom. The number of alkyl halides is 3. The van der Waals surface area contributed by atoms with Crippen molar-refractivity contribution in [3.05, 3.63) is 29.8 Å². The fourth-order valence-corrected chi connectivity index (χ4v) is 3.06. The number of aryl methyl sites for hydroxylation is 1. The maximum absolute atomic E-state index is 12.3. The number of carbonyl (C=O) groups is 1. The Hall–Kier alpha value is -1.76. The largest absolute Gasteiger partial charge is 0.573 e. The van der Waals surface area contributed by atoms with E-state index in [1.807, 2.05) is 4.90 Å². The molecule has 2 unspecified atom stereocenters. The van der Waals surface area contributed by atoms with Crippen molar-refractivity contribution in [2.75, 3.05) is 6.54 Å². The molecule has 1 saturated heterocycles. The van der Waals surface area contributed by atoms with Crippen LogP contribution in [0.4, 0.5) is 13.2 Å². The molecule has 1 aliphatic heterocycles. The zero-order valence-corrected chi connectivity index (χ0v) is 13.6. The molecule has 134 valence electrons. The van der Waals surface area contributed by atoms with Gasteiger partial charge in [0.25, 0.3) is 0 Å². The molecular weight excluding hydrogens is 323 g/mol. The molecule has 4 nitrogen and oxygen atoms in total. The number of nitrogens with zero attached hydrogens (tertiary/aromatic N) is 1. The Bertz CT molecular complexity index is 543. The van der Waals surface area contributed by atoms with Crippen LogP contribution in [0.5, 0.6) is 5.75 Å². The lowest BCUT2D eigenvalue weighted by Gasteiger charge is -2.25. The average Bonchev–Trinajstić information content (AvgIpc) is 2.92. The number of hydrogen-bond donors (Lipinski definition) is 1. The van der Waals surface area contributed by atoms with E-state index in [0.717, 1.165) is 18.4 Å². The van der Waals surface area contributed by atoms with E-state index in [2.05, 4.69) is 4.74 Å². The minimum absolute atomic E-state index is 0.0220. The van der Waals surface area contributed by atoms with E-state index in [1.165, 1.54) is 24.3 Å². The second-order valence-electron chi connectivity index (χ2n) is 6.16. The number of carbonyl (C=O) groups excluding carboxylic acids is 1. The predicted octanol–water partition coefficient (Wildman–Crippen LogP) is 3.28. The first-order chi connectivity index (χ1) is 11.2. The van der Waals surface area contributed by atoms with E-state index < -0.39 is 12.5 Å². The van der Waals surface area contributed by atoms with Gasteiger partial charge in [0, 0.05) is 19.0 Å². The molecule has 1 aromatic carbocycles. The zero-order valence-electron chi connectivity index (χ0n) is 13.6. The maximum atomic E-state index is 12.3. The number of aliphatic hydroxyl groups is 1. The highest BCUT2D eigenvalue weighted by atomic mass is 19.4. The standard InChI is InChI=1S/C17H22F3NO3/c1-12(22)11-14-3-2-10-21(14)16(23)9-6-13-4-7-15(8-5-13)24-17(18,19)20/h4-5,7-8,12,14,22H,2-3,6,9-11H2,1H3. The highest BCUT2D eigenvalue weighted by Gasteiger charge is 2.31. The van der Waals surface area contributed by atoms with Gasteiger partial charge in [-0.1, -0.05) is 12.1 Å². The van der Waals surface area contributed by atoms with Gasteiger partial charge in [-0.15, -0.1) is 13.2 Å². The van der Waals surface area contributed by atoms with Gasteiger partial charge in [0.05, 0.1) is 6.10 Å². The van der Waals surface area contributed by atoms with Crippen LogP contribution in [-0.4, -0.2) is 41.0 Å². The van der Waals surface area contributed by atoms with Gasteiger partial charge in [-0.3, -0.25) is 4.79 Å². The minimum atomic E-state index is -4.70. The quantitative estimate of drug-likeness (QED) is 0.861. The van der Waals surface area contributed by atoms with Gasteiger partial charge in [0.15, 0.2) is 0 Å². The van der Waals surface area contributed by atoms with Crippen LogP contribution in [0, 0.1) is 0 Å². The van der Waals surface area contributed by atoms with Crippen molar-refractivity contribution < 1.29 is 27.8 Å². The van der Waals surface area contributed by atoms with Gasteiger partial charge in [-0.2, -0.15) is 0 Å². The Kier molecular flexibility index (Phi) is 6.10. The fraction of sp³-hybridized carbons (Fsp3) is 0.588. The first-order valence-electron chi connectivity index (χ1n) is 8.07. The van der Waals surface area contributed by atoms with Gasteiger partial charge >= 0.3 is 6.36 Å². The number of amides is 1. The van der Waals surface area contributed by atoms with Gasteiger partial charge in [0.2, 0.25) is 5.91 Å². The van der Waals surface area contributed by atoms with Crippen LogP contribution in [0.1, 0.15) is 38.2 Å². The molecule has 2 rings (SSSR count). The van der Waals surface area contributed by atoms with Crippen LogP contribution in [0.25, 0.3) is 0 Å². The number of rotatable bonds is 6. The highest BCUT2D eigenvalue weighted by molar-refractivity contribution is 5.77. The third kappa shape index (κ3) is 5.70. The topological polar surface area (TPSA) is 49.8 Å². The molecule has 0 aliphatic carbocycles. The van der Waals surface area contributed by atoms with E-state index >= 15 is 0 Å². The summed E-state index contributed by atoms with van der Waals surface area (Å²) in [5.41, 5.74) is 0.782. The van der Waals surface area contributed by atoms with E-state index in [9.17, 15) is 23.1 Å². The molecule has 0 spiro atoms. The molecule has 1 aromatic rings. The Balaban J connectivity index is 1.85. The van der Waals surface area contributed by atoms with Crippen molar-refractivity contribution in [3.8, 4) is 5.75 Å². The second kappa shape index (κ2) is 7.88. The molecule has 0 bridgehead atoms. The summed E-state index contributed by atoms with van der Waals surface area (Å²) in [7, 11) is 0. The normalized spacial score (nSPS) is 19.4. The lowest BCUT2D eigenvalue weighted by Crippen LogP contribution is -2.37. The summed E-state index contributed by atoms with van der Waals surface area (Å²) in [6, 6.07) is 5.65. The predicted molar refractivity (Wildman–Crippen MR) is 82.5 cm³/mol. The van der Waals surface area contributed by atoms with E-state index in [1.54, 1.807) is 6.92 Å². The van der Waals surface area contributed by atoms with Crippen molar-refractivity contribution in [3.63, 3.8) is 0 Å². The molecule has 24 heavy (non-hydrogen) atoms. The Labute approximate surface area is 139 Å². The first-order valence-corrected chi connectivity index (χ1v) is 8.07. The van der Waals surface area contributed by atoms with Crippen molar-refractivity contribution in [1.29, 1.82) is 0 Å². The SMILES string of the molecule is CC(O)CC1CCCN1C(=O)CCc1ccc(OC(F)(F)F)cc1. The number of aliphatic hydroxyl groups excluding tert-OH is 1. The van der Waals surface area contributed by atoms with E-state index in [0.29, 0.717) is 25.8 Å². The van der Waals surface area contributed by atoms with Crippen molar-refractivity contribution in [1.82, 2.24) is 4.90 Å². The highest BCUT2D eigenvalue weighted by Crippen LogP contribution is 2.24. The average molecular weight is 345 g/mol. The first kappa shape index (κ1) is 18.6. The third-order valence-electron chi connectivity index (χ3n) is 4.10. The summed E-state index contributed by atoms with van der Waals surface area (Å²) in [6.45, 7) is 2.42. The summed E-state index contributed by atoms with van der Waals surface area (Å²) < 4.78 is 40.1. The molecule has 0 saturated carbocycles. The number of likely N-dealkylation sites (tertiary alicyclic amines) is 1. The van der Waals surface area contributed by atoms with Gasteiger partial charge in [-0.25, -0.2) is 0 Å². The van der Waals surface area contributed by atoms with Crippen LogP contribution < -0.4 is 4.74 Å². The fourth-order valence-electron chi connectivity index (χ4n) is 3.06. The van der Waals surface area contributed by atoms with Crippen LogP contribution in [0.15, 0.2) is 24.3 Å². The van der Waals surface area contributed by atoms with Crippen LogP contribution in [0.2, 0.25) is 0 Å². The summed E-state index contributed by atoms with van der Waals surface area (Å²) in [5.74, 6) is -0.247. The number of hydrogen-bond acceptors (Lipinski definition) is 3. The molecule has 2 atom stereocenters. The van der Waals surface area contributed by atoms with E-state index in [-0.39, 0.29) is 17.7 Å². The van der Waals surface area contributed by atoms with Crippen molar-refractivity contribution in [2.45, 2.75) is 57.5 Å². The van der Waals surface area contributed by atoms with Gasteiger partial charge < -0.3 is 14.7 Å². The second-order valence-corrected chi connectivity index (χ2v) is 6.16. The van der Waals surface area contributed by atoms with Crippen molar-refractivity contribution >= 4 is 5.91 Å². The number of ether oxygens (including phenoxy) is 1. The van der Waals surface area contributed by atoms with Crippen LogP contribution >= 0.6 is 0 Å². The summed E-state index contributed by atoms with van der Waals surface area (Å²) in [5, 5.41) is 9.50. The van der Waals surface area contributed by atoms with Crippen LogP contribution in [-0.2, 0) is 11.2 Å². The number of benzene rings is 1. The smallest absolute Gasteiger partial charge is 0.406 e. The molecule has 0 aromatic heterocycles. The van der Waals surface area contributed by atoms with Gasteiger partial charge in [0.1, 0.15) is 5.75 Å². The minimum Gasteiger partial charge on any atom is -0.406 e. The monoisotopic (exact) mass is 345 g/mol. The molecule has 0 radical (unpaired) electrons. The van der Waals surface area contributed by atoms with Gasteiger partial charge in [-0.05, 0) is 50.3 Å². The third-order valence-corrected chi connectivity index (χ3v) is 4.10. The summed E-state index contributed by atoms with van der Waals surface area (Å²) >= 11 is 0. The summed E-state index contributed by atoms with van der Waals surface area (Å²) in [4.78, 5) is 14.1. The molecule has 1 fully saturated rings. The Morgan fingerprint density at radius 3 is 2.62 bits per heavy atom. The maximum Gasteiger partial charge on any atom is 0.573 e. The Morgan fingerprint density at radius 2 is 2.04 bits per heavy atom. The van der Waals surface area contributed by atoms with Crippen LogP contribution in [0.3, 0.4) is 0 Å². The molecule has 7 heteroatoms. The molecule has 1 amide bonds. The lowest BCUT2D eigenvalue weighted by molar-refractivity contribution is -0.274. The molecular formula is C17H22F3NO3. The molecule has 1 heterocycles.